The molecule has 18 heavy (non-hydrogen) atoms. The van der Waals surface area contributed by atoms with Crippen molar-refractivity contribution in [2.24, 2.45) is 5.73 Å². The predicted molar refractivity (Wildman–Crippen MR) is 70.5 cm³/mol. The molecule has 0 aliphatic heterocycles. The van der Waals surface area contributed by atoms with Crippen LogP contribution in [0.25, 0.3) is 11.1 Å². The maximum Gasteiger partial charge on any atom is 0.123 e. The van der Waals surface area contributed by atoms with Crippen LogP contribution < -0.4 is 5.73 Å². The van der Waals surface area contributed by atoms with Crippen LogP contribution in [0.1, 0.15) is 12.5 Å². The Labute approximate surface area is 106 Å². The Morgan fingerprint density at radius 1 is 1.00 bits per heavy atom. The van der Waals surface area contributed by atoms with E-state index in [2.05, 4.69) is 0 Å². The van der Waals surface area contributed by atoms with Crippen LogP contribution >= 0.6 is 0 Å². The molecule has 0 fully saturated rings. The van der Waals surface area contributed by atoms with E-state index in [4.69, 9.17) is 5.73 Å². The van der Waals surface area contributed by atoms with E-state index in [9.17, 15) is 9.50 Å². The van der Waals surface area contributed by atoms with Gasteiger partial charge in [0.2, 0.25) is 0 Å². The van der Waals surface area contributed by atoms with E-state index in [0.717, 1.165) is 16.7 Å². The Morgan fingerprint density at radius 2 is 1.44 bits per heavy atom. The average molecular weight is 245 g/mol. The van der Waals surface area contributed by atoms with Crippen LogP contribution in [-0.2, 0) is 5.60 Å². The quantitative estimate of drug-likeness (QED) is 0.873. The van der Waals surface area contributed by atoms with E-state index in [1.165, 1.54) is 12.1 Å². The molecule has 0 radical (unpaired) electrons. The molecule has 2 rings (SSSR count). The number of hydrogen-bond acceptors (Lipinski definition) is 2. The average Bonchev–Trinajstić information content (AvgIpc) is 2.40. The highest BCUT2D eigenvalue weighted by Gasteiger charge is 2.20. The second-order valence-electron chi connectivity index (χ2n) is 4.56. The molecule has 0 bridgehead atoms. The normalized spacial score (nSPS) is 14.2. The fourth-order valence-electron chi connectivity index (χ4n) is 1.78. The molecule has 3 N–H and O–H groups in total. The standard InChI is InChI=1S/C15H16FNO/c1-15(18,10-17)13-6-2-11(3-7-13)12-4-8-14(16)9-5-12/h2-9,18H,10,17H2,1H3. The highest BCUT2D eigenvalue weighted by molar-refractivity contribution is 5.63. The van der Waals surface area contributed by atoms with E-state index in [1.807, 2.05) is 24.3 Å². The summed E-state index contributed by atoms with van der Waals surface area (Å²) >= 11 is 0. The van der Waals surface area contributed by atoms with Crippen molar-refractivity contribution in [3.63, 3.8) is 0 Å². The van der Waals surface area contributed by atoms with E-state index >= 15 is 0 Å². The minimum absolute atomic E-state index is 0.170. The predicted octanol–water partition coefficient (Wildman–Crippen LogP) is 2.66. The molecular weight excluding hydrogens is 229 g/mol. The molecule has 2 nitrogen and oxygen atoms in total. The molecular formula is C15H16FNO. The van der Waals surface area contributed by atoms with Crippen molar-refractivity contribution in [1.82, 2.24) is 0 Å². The molecule has 0 heterocycles. The van der Waals surface area contributed by atoms with Gasteiger partial charge in [0.25, 0.3) is 0 Å². The summed E-state index contributed by atoms with van der Waals surface area (Å²) in [5.41, 5.74) is 7.19. The molecule has 0 saturated heterocycles. The Kier molecular flexibility index (Phi) is 3.45. The summed E-state index contributed by atoms with van der Waals surface area (Å²) in [7, 11) is 0. The summed E-state index contributed by atoms with van der Waals surface area (Å²) in [4.78, 5) is 0. The smallest absolute Gasteiger partial charge is 0.123 e. The van der Waals surface area contributed by atoms with Gasteiger partial charge in [-0.15, -0.1) is 0 Å². The van der Waals surface area contributed by atoms with Crippen molar-refractivity contribution in [2.45, 2.75) is 12.5 Å². The van der Waals surface area contributed by atoms with E-state index in [1.54, 1.807) is 19.1 Å². The molecule has 1 atom stereocenters. The first kappa shape index (κ1) is 12.7. The molecule has 0 saturated carbocycles. The van der Waals surface area contributed by atoms with Gasteiger partial charge in [-0.1, -0.05) is 36.4 Å². The van der Waals surface area contributed by atoms with Crippen LogP contribution in [0.5, 0.6) is 0 Å². The second-order valence-corrected chi connectivity index (χ2v) is 4.56. The van der Waals surface area contributed by atoms with Gasteiger partial charge in [-0.2, -0.15) is 0 Å². The Balaban J connectivity index is 2.30. The van der Waals surface area contributed by atoms with Crippen LogP contribution in [0.15, 0.2) is 48.5 Å². The van der Waals surface area contributed by atoms with E-state index in [-0.39, 0.29) is 12.4 Å². The highest BCUT2D eigenvalue weighted by atomic mass is 19.1. The van der Waals surface area contributed by atoms with E-state index < -0.39 is 5.60 Å². The van der Waals surface area contributed by atoms with Gasteiger partial charge in [0.1, 0.15) is 5.82 Å². The zero-order chi connectivity index (χ0) is 13.2. The van der Waals surface area contributed by atoms with Gasteiger partial charge >= 0.3 is 0 Å². The minimum Gasteiger partial charge on any atom is -0.384 e. The third-order valence-electron chi connectivity index (χ3n) is 3.08. The third kappa shape index (κ3) is 2.58. The zero-order valence-corrected chi connectivity index (χ0v) is 10.2. The van der Waals surface area contributed by atoms with Crippen molar-refractivity contribution in [2.75, 3.05) is 6.54 Å². The number of halogens is 1. The van der Waals surface area contributed by atoms with Crippen LogP contribution in [-0.4, -0.2) is 11.7 Å². The summed E-state index contributed by atoms with van der Waals surface area (Å²) in [6, 6.07) is 13.8. The summed E-state index contributed by atoms with van der Waals surface area (Å²) < 4.78 is 12.8. The number of aliphatic hydroxyl groups is 1. The first-order valence-corrected chi connectivity index (χ1v) is 5.82. The Morgan fingerprint density at radius 3 is 1.89 bits per heavy atom. The van der Waals surface area contributed by atoms with Gasteiger partial charge < -0.3 is 10.8 Å². The minimum atomic E-state index is -1.01. The number of rotatable bonds is 3. The highest BCUT2D eigenvalue weighted by Crippen LogP contribution is 2.24. The molecule has 0 spiro atoms. The van der Waals surface area contributed by atoms with Crippen molar-refractivity contribution < 1.29 is 9.50 Å². The van der Waals surface area contributed by atoms with E-state index in [0.29, 0.717) is 0 Å². The van der Waals surface area contributed by atoms with Gasteiger partial charge in [-0.3, -0.25) is 0 Å². The monoisotopic (exact) mass is 245 g/mol. The Bertz CT molecular complexity index is 517. The molecule has 94 valence electrons. The van der Waals surface area contributed by atoms with Gasteiger partial charge in [-0.25, -0.2) is 4.39 Å². The first-order valence-electron chi connectivity index (χ1n) is 5.82. The lowest BCUT2D eigenvalue weighted by Crippen LogP contribution is -2.31. The number of hydrogen-bond donors (Lipinski definition) is 2. The fraction of sp³-hybridized carbons (Fsp3) is 0.200. The van der Waals surface area contributed by atoms with Gasteiger partial charge in [0, 0.05) is 6.54 Å². The molecule has 2 aromatic rings. The van der Waals surface area contributed by atoms with Gasteiger partial charge in [0.15, 0.2) is 0 Å². The van der Waals surface area contributed by atoms with Crippen molar-refractivity contribution in [3.05, 3.63) is 59.9 Å². The summed E-state index contributed by atoms with van der Waals surface area (Å²) in [5, 5.41) is 10.0. The lowest BCUT2D eigenvalue weighted by molar-refractivity contribution is 0.0668. The lowest BCUT2D eigenvalue weighted by atomic mass is 9.94. The topological polar surface area (TPSA) is 46.2 Å². The van der Waals surface area contributed by atoms with Crippen LogP contribution in [0, 0.1) is 5.82 Å². The molecule has 2 aromatic carbocycles. The lowest BCUT2D eigenvalue weighted by Gasteiger charge is -2.21. The van der Waals surface area contributed by atoms with Crippen LogP contribution in [0.2, 0.25) is 0 Å². The maximum absolute atomic E-state index is 12.8. The fourth-order valence-corrected chi connectivity index (χ4v) is 1.78. The van der Waals surface area contributed by atoms with Gasteiger partial charge in [0.05, 0.1) is 5.60 Å². The molecule has 0 aliphatic carbocycles. The van der Waals surface area contributed by atoms with Crippen molar-refractivity contribution in [3.8, 4) is 11.1 Å². The van der Waals surface area contributed by atoms with Crippen LogP contribution in [0.3, 0.4) is 0 Å². The molecule has 0 aromatic heterocycles. The third-order valence-corrected chi connectivity index (χ3v) is 3.08. The largest absolute Gasteiger partial charge is 0.384 e. The van der Waals surface area contributed by atoms with Crippen molar-refractivity contribution >= 4 is 0 Å². The second kappa shape index (κ2) is 4.88. The molecule has 0 aliphatic rings. The maximum atomic E-state index is 12.8. The number of benzene rings is 2. The Hall–Kier alpha value is -1.71. The first-order chi connectivity index (χ1) is 8.53. The zero-order valence-electron chi connectivity index (χ0n) is 10.2. The molecule has 0 amide bonds. The van der Waals surface area contributed by atoms with Crippen LogP contribution in [0.4, 0.5) is 4.39 Å². The molecule has 1 unspecified atom stereocenters. The summed E-state index contributed by atoms with van der Waals surface area (Å²) in [5.74, 6) is -0.249. The molecule has 3 heteroatoms. The van der Waals surface area contributed by atoms with Crippen molar-refractivity contribution in [1.29, 1.82) is 0 Å². The number of nitrogens with two attached hydrogens (primary N) is 1. The SMILES string of the molecule is CC(O)(CN)c1ccc(-c2ccc(F)cc2)cc1. The summed E-state index contributed by atoms with van der Waals surface area (Å²) in [6.45, 7) is 1.85. The van der Waals surface area contributed by atoms with Gasteiger partial charge in [-0.05, 0) is 35.7 Å². The summed E-state index contributed by atoms with van der Waals surface area (Å²) in [6.07, 6.45) is 0.